The molecule has 3 aromatic carbocycles. The molecule has 29 heavy (non-hydrogen) atoms. The summed E-state index contributed by atoms with van der Waals surface area (Å²) in [5.41, 5.74) is 3.52. The molecule has 1 aliphatic heterocycles. The van der Waals surface area contributed by atoms with Crippen molar-refractivity contribution in [2.45, 2.75) is 12.5 Å². The lowest BCUT2D eigenvalue weighted by molar-refractivity contribution is 0.0711. The van der Waals surface area contributed by atoms with Crippen LogP contribution in [0.2, 0.25) is 0 Å². The maximum absolute atomic E-state index is 13.3. The van der Waals surface area contributed by atoms with E-state index in [4.69, 9.17) is 9.84 Å². The number of hydrogen-bond acceptors (Lipinski definition) is 3. The van der Waals surface area contributed by atoms with E-state index in [1.54, 1.807) is 12.1 Å². The number of nitrogens with zero attached hydrogens (tertiary/aromatic N) is 2. The van der Waals surface area contributed by atoms with Crippen LogP contribution >= 0.6 is 31.9 Å². The first-order valence-electron chi connectivity index (χ1n) is 9.11. The highest BCUT2D eigenvalue weighted by Gasteiger charge is 2.33. The first-order valence-corrected chi connectivity index (χ1v) is 10.7. The van der Waals surface area contributed by atoms with Crippen LogP contribution in [-0.2, 0) is 0 Å². The molecule has 6 heteroatoms. The first-order chi connectivity index (χ1) is 14.0. The normalized spacial score (nSPS) is 15.9. The van der Waals surface area contributed by atoms with Crippen molar-refractivity contribution in [1.29, 1.82) is 0 Å². The molecule has 1 aliphatic rings. The Labute approximate surface area is 186 Å². The van der Waals surface area contributed by atoms with Gasteiger partial charge in [0.2, 0.25) is 0 Å². The molecule has 3 aromatic rings. The van der Waals surface area contributed by atoms with Crippen LogP contribution in [-0.4, -0.2) is 23.7 Å². The van der Waals surface area contributed by atoms with Gasteiger partial charge in [-0.2, -0.15) is 5.10 Å². The first kappa shape index (κ1) is 19.9. The standard InChI is InChI=1S/C23H18Br2N2O2/c1-29-20-12-6-15(7-13-20)21-14-22(16-2-8-18(24)9-3-16)27(26-21)23(28)17-4-10-19(25)11-5-17/h2-13,22H,14H2,1H3. The zero-order valence-corrected chi connectivity index (χ0v) is 18.9. The van der Waals surface area contributed by atoms with Gasteiger partial charge < -0.3 is 4.74 Å². The molecule has 0 saturated heterocycles. The molecule has 4 nitrogen and oxygen atoms in total. The highest BCUT2D eigenvalue weighted by molar-refractivity contribution is 9.10. The summed E-state index contributed by atoms with van der Waals surface area (Å²) in [6.07, 6.45) is 0.649. The Bertz CT molecular complexity index is 1050. The summed E-state index contributed by atoms with van der Waals surface area (Å²) in [4.78, 5) is 13.3. The Morgan fingerprint density at radius 1 is 0.931 bits per heavy atom. The minimum atomic E-state index is -0.156. The second kappa shape index (κ2) is 8.51. The second-order valence-electron chi connectivity index (χ2n) is 6.70. The maximum atomic E-state index is 13.3. The number of carbonyl (C=O) groups excluding carboxylic acids is 1. The van der Waals surface area contributed by atoms with Crippen LogP contribution in [0.3, 0.4) is 0 Å². The van der Waals surface area contributed by atoms with Crippen LogP contribution in [0, 0.1) is 0 Å². The highest BCUT2D eigenvalue weighted by Crippen LogP contribution is 2.35. The summed E-state index contributed by atoms with van der Waals surface area (Å²) in [5, 5.41) is 6.33. The van der Waals surface area contributed by atoms with Crippen molar-refractivity contribution in [3.8, 4) is 5.75 Å². The van der Waals surface area contributed by atoms with E-state index in [1.807, 2.05) is 72.8 Å². The summed E-state index contributed by atoms with van der Waals surface area (Å²) in [5.74, 6) is 0.675. The maximum Gasteiger partial charge on any atom is 0.274 e. The van der Waals surface area contributed by atoms with Gasteiger partial charge in [0.25, 0.3) is 5.91 Å². The quantitative estimate of drug-likeness (QED) is 0.416. The van der Waals surface area contributed by atoms with E-state index < -0.39 is 0 Å². The van der Waals surface area contributed by atoms with E-state index in [0.717, 1.165) is 31.5 Å². The number of carbonyl (C=O) groups is 1. The van der Waals surface area contributed by atoms with Gasteiger partial charge in [0.05, 0.1) is 18.9 Å². The number of ether oxygens (including phenoxy) is 1. The van der Waals surface area contributed by atoms with Gasteiger partial charge in [0.1, 0.15) is 5.75 Å². The monoisotopic (exact) mass is 512 g/mol. The Morgan fingerprint density at radius 3 is 2.10 bits per heavy atom. The molecule has 1 heterocycles. The topological polar surface area (TPSA) is 41.9 Å². The van der Waals surface area contributed by atoms with Crippen molar-refractivity contribution < 1.29 is 9.53 Å². The van der Waals surface area contributed by atoms with Gasteiger partial charge in [0, 0.05) is 20.9 Å². The van der Waals surface area contributed by atoms with Crippen LogP contribution < -0.4 is 4.74 Å². The van der Waals surface area contributed by atoms with Gasteiger partial charge in [-0.15, -0.1) is 0 Å². The number of benzene rings is 3. The van der Waals surface area contributed by atoms with Crippen LogP contribution in [0.25, 0.3) is 0 Å². The molecule has 146 valence electrons. The van der Waals surface area contributed by atoms with Gasteiger partial charge in [-0.1, -0.05) is 44.0 Å². The average molecular weight is 514 g/mol. The van der Waals surface area contributed by atoms with Crippen molar-refractivity contribution >= 4 is 43.5 Å². The van der Waals surface area contributed by atoms with Crippen LogP contribution in [0.15, 0.2) is 86.8 Å². The Morgan fingerprint density at radius 2 is 1.52 bits per heavy atom. The summed E-state index contributed by atoms with van der Waals surface area (Å²) in [6.45, 7) is 0. The lowest BCUT2D eigenvalue weighted by Crippen LogP contribution is -2.27. The fourth-order valence-electron chi connectivity index (χ4n) is 3.32. The van der Waals surface area contributed by atoms with Crippen molar-refractivity contribution in [3.05, 3.63) is 98.4 Å². The number of hydrogen-bond donors (Lipinski definition) is 0. The minimum Gasteiger partial charge on any atom is -0.497 e. The van der Waals surface area contributed by atoms with Gasteiger partial charge >= 0.3 is 0 Å². The van der Waals surface area contributed by atoms with Crippen LogP contribution in [0.5, 0.6) is 5.75 Å². The van der Waals surface area contributed by atoms with Gasteiger partial charge in [0.15, 0.2) is 0 Å². The van der Waals surface area contributed by atoms with E-state index >= 15 is 0 Å². The zero-order chi connectivity index (χ0) is 20.4. The van der Waals surface area contributed by atoms with E-state index in [-0.39, 0.29) is 11.9 Å². The summed E-state index contributed by atoms with van der Waals surface area (Å²) in [6, 6.07) is 23.0. The molecule has 0 saturated carbocycles. The molecule has 0 aromatic heterocycles. The van der Waals surface area contributed by atoms with Gasteiger partial charge in [-0.3, -0.25) is 4.79 Å². The van der Waals surface area contributed by atoms with E-state index in [2.05, 4.69) is 31.9 Å². The molecule has 0 fully saturated rings. The zero-order valence-electron chi connectivity index (χ0n) is 15.7. The van der Waals surface area contributed by atoms with E-state index in [0.29, 0.717) is 12.0 Å². The number of methoxy groups -OCH3 is 1. The second-order valence-corrected chi connectivity index (χ2v) is 8.53. The fraction of sp³-hybridized carbons (Fsp3) is 0.130. The van der Waals surface area contributed by atoms with Crippen LogP contribution in [0.1, 0.15) is 33.9 Å². The van der Waals surface area contributed by atoms with Crippen molar-refractivity contribution in [3.63, 3.8) is 0 Å². The number of halogens is 2. The fourth-order valence-corrected chi connectivity index (χ4v) is 3.85. The highest BCUT2D eigenvalue weighted by atomic mass is 79.9. The third-order valence-electron chi connectivity index (χ3n) is 4.89. The SMILES string of the molecule is COc1ccc(C2=NN(C(=O)c3ccc(Br)cc3)C(c3ccc(Br)cc3)C2)cc1. The Kier molecular flexibility index (Phi) is 5.83. The summed E-state index contributed by atoms with van der Waals surface area (Å²) >= 11 is 6.90. The molecular formula is C23H18Br2N2O2. The molecule has 4 rings (SSSR count). The van der Waals surface area contributed by atoms with E-state index in [1.165, 1.54) is 0 Å². The Hall–Kier alpha value is -2.44. The summed E-state index contributed by atoms with van der Waals surface area (Å²) < 4.78 is 7.18. The van der Waals surface area contributed by atoms with Crippen molar-refractivity contribution in [2.75, 3.05) is 7.11 Å². The molecule has 1 unspecified atom stereocenters. The van der Waals surface area contributed by atoms with Crippen molar-refractivity contribution in [1.82, 2.24) is 5.01 Å². The Balaban J connectivity index is 1.70. The smallest absolute Gasteiger partial charge is 0.274 e. The average Bonchev–Trinajstić information content (AvgIpc) is 3.20. The minimum absolute atomic E-state index is 0.117. The lowest BCUT2D eigenvalue weighted by atomic mass is 9.98. The molecule has 0 radical (unpaired) electrons. The molecule has 0 aliphatic carbocycles. The molecular weight excluding hydrogens is 496 g/mol. The largest absolute Gasteiger partial charge is 0.497 e. The third kappa shape index (κ3) is 4.28. The molecule has 0 spiro atoms. The molecule has 1 atom stereocenters. The number of rotatable bonds is 4. The number of hydrazone groups is 1. The van der Waals surface area contributed by atoms with Gasteiger partial charge in [-0.25, -0.2) is 5.01 Å². The molecule has 0 bridgehead atoms. The van der Waals surface area contributed by atoms with E-state index in [9.17, 15) is 4.79 Å². The van der Waals surface area contributed by atoms with Crippen molar-refractivity contribution in [2.24, 2.45) is 5.10 Å². The van der Waals surface area contributed by atoms with Gasteiger partial charge in [-0.05, 0) is 71.8 Å². The number of amides is 1. The predicted molar refractivity (Wildman–Crippen MR) is 121 cm³/mol. The van der Waals surface area contributed by atoms with Crippen LogP contribution in [0.4, 0.5) is 0 Å². The molecule has 0 N–H and O–H groups in total. The summed E-state index contributed by atoms with van der Waals surface area (Å²) in [7, 11) is 1.64. The lowest BCUT2D eigenvalue weighted by Gasteiger charge is -2.22. The molecule has 1 amide bonds. The predicted octanol–water partition coefficient (Wildman–Crippen LogP) is 6.21. The third-order valence-corrected chi connectivity index (χ3v) is 5.94.